The van der Waals surface area contributed by atoms with Crippen LogP contribution in [-0.2, 0) is 12.5 Å². The zero-order valence-corrected chi connectivity index (χ0v) is 12.6. The maximum Gasteiger partial charge on any atom is 0.159 e. The average molecular weight is 350 g/mol. The number of aromatic nitrogens is 3. The van der Waals surface area contributed by atoms with Gasteiger partial charge in [0, 0.05) is 18.7 Å². The summed E-state index contributed by atoms with van der Waals surface area (Å²) in [4.78, 5) is 4.38. The summed E-state index contributed by atoms with van der Waals surface area (Å²) in [7, 11) is 1.90. The molecule has 0 N–H and O–H groups in total. The van der Waals surface area contributed by atoms with Gasteiger partial charge < -0.3 is 0 Å². The van der Waals surface area contributed by atoms with Gasteiger partial charge in [-0.25, -0.2) is 4.98 Å². The molecule has 0 bridgehead atoms. The van der Waals surface area contributed by atoms with Crippen LogP contribution in [-0.4, -0.2) is 14.8 Å². The van der Waals surface area contributed by atoms with Gasteiger partial charge in [0.25, 0.3) is 0 Å². The average Bonchev–Trinajstić information content (AvgIpc) is 2.50. The molecule has 2 aromatic rings. The van der Waals surface area contributed by atoms with Crippen LogP contribution < -0.4 is 0 Å². The van der Waals surface area contributed by atoms with Crippen molar-refractivity contribution in [3.8, 4) is 0 Å². The van der Waals surface area contributed by atoms with Crippen LogP contribution in [0.1, 0.15) is 26.5 Å². The van der Waals surface area contributed by atoms with Crippen LogP contribution in [0.3, 0.4) is 0 Å². The molecule has 2 aromatic heterocycles. The largest absolute Gasteiger partial charge is 0.250 e. The fourth-order valence-corrected chi connectivity index (χ4v) is 2.32. The van der Waals surface area contributed by atoms with Crippen molar-refractivity contribution >= 4 is 45.2 Å². The Morgan fingerprint density at radius 1 is 1.38 bits per heavy atom. The first kappa shape index (κ1) is 12.1. The Morgan fingerprint density at radius 3 is 2.56 bits per heavy atom. The van der Waals surface area contributed by atoms with E-state index in [9.17, 15) is 0 Å². The maximum absolute atomic E-state index is 6.35. The zero-order chi connectivity index (χ0) is 12.1. The molecule has 0 amide bonds. The Bertz CT molecular complexity index is 554. The lowest BCUT2D eigenvalue weighted by atomic mass is 9.90. The second-order valence-electron chi connectivity index (χ2n) is 4.84. The molecule has 86 valence electrons. The Kier molecular flexibility index (Phi) is 2.90. The molecular formula is C11H13ClIN3. The first-order chi connectivity index (χ1) is 7.32. The highest BCUT2D eigenvalue weighted by Gasteiger charge is 2.24. The SMILES string of the molecule is Cn1nc(C(C)(C)C)c2c(Cl)c(I)cnc21. The summed E-state index contributed by atoms with van der Waals surface area (Å²) >= 11 is 8.54. The van der Waals surface area contributed by atoms with E-state index in [1.165, 1.54) is 0 Å². The van der Waals surface area contributed by atoms with Gasteiger partial charge in [0.2, 0.25) is 0 Å². The van der Waals surface area contributed by atoms with Crippen molar-refractivity contribution in [2.24, 2.45) is 7.05 Å². The van der Waals surface area contributed by atoms with E-state index in [0.29, 0.717) is 0 Å². The van der Waals surface area contributed by atoms with E-state index in [4.69, 9.17) is 11.6 Å². The van der Waals surface area contributed by atoms with Crippen LogP contribution in [0.5, 0.6) is 0 Å². The van der Waals surface area contributed by atoms with Crippen molar-refractivity contribution in [1.82, 2.24) is 14.8 Å². The highest BCUT2D eigenvalue weighted by atomic mass is 127. The quantitative estimate of drug-likeness (QED) is 0.681. The second-order valence-corrected chi connectivity index (χ2v) is 6.38. The fraction of sp³-hybridized carbons (Fsp3) is 0.455. The lowest BCUT2D eigenvalue weighted by Gasteiger charge is -2.15. The molecule has 0 aliphatic carbocycles. The summed E-state index contributed by atoms with van der Waals surface area (Å²) in [6.07, 6.45) is 1.78. The topological polar surface area (TPSA) is 30.7 Å². The second kappa shape index (κ2) is 3.84. The molecule has 0 atom stereocenters. The highest BCUT2D eigenvalue weighted by Crippen LogP contribution is 2.34. The standard InChI is InChI=1S/C11H13ClIN3/c1-11(2,3)9-7-8(12)6(13)5-14-10(7)16(4)15-9/h5H,1-4H3. The molecule has 0 aliphatic rings. The number of rotatable bonds is 0. The molecular weight excluding hydrogens is 336 g/mol. The third-order valence-electron chi connectivity index (χ3n) is 2.46. The summed E-state index contributed by atoms with van der Waals surface area (Å²) in [5.41, 5.74) is 1.81. The van der Waals surface area contributed by atoms with Crippen LogP contribution in [0, 0.1) is 3.57 Å². The van der Waals surface area contributed by atoms with E-state index in [1.807, 2.05) is 7.05 Å². The first-order valence-electron chi connectivity index (χ1n) is 4.99. The molecule has 0 saturated carbocycles. The van der Waals surface area contributed by atoms with Crippen molar-refractivity contribution in [1.29, 1.82) is 0 Å². The Morgan fingerprint density at radius 2 is 2.00 bits per heavy atom. The molecule has 5 heteroatoms. The summed E-state index contributed by atoms with van der Waals surface area (Å²) in [5, 5.41) is 6.26. The van der Waals surface area contributed by atoms with Crippen LogP contribution >= 0.6 is 34.2 Å². The Hall–Kier alpha value is -0.360. The third kappa shape index (κ3) is 1.82. The number of pyridine rings is 1. The van der Waals surface area contributed by atoms with Gasteiger partial charge in [0.1, 0.15) is 0 Å². The zero-order valence-electron chi connectivity index (χ0n) is 9.67. The van der Waals surface area contributed by atoms with Gasteiger partial charge >= 0.3 is 0 Å². The number of halogens is 2. The van der Waals surface area contributed by atoms with Gasteiger partial charge in [-0.1, -0.05) is 32.4 Å². The van der Waals surface area contributed by atoms with Gasteiger partial charge in [-0.3, -0.25) is 4.68 Å². The van der Waals surface area contributed by atoms with Crippen molar-refractivity contribution in [3.05, 3.63) is 20.5 Å². The fourth-order valence-electron chi connectivity index (χ4n) is 1.68. The molecule has 0 aliphatic heterocycles. The van der Waals surface area contributed by atoms with E-state index in [2.05, 4.69) is 53.4 Å². The van der Waals surface area contributed by atoms with E-state index >= 15 is 0 Å². The molecule has 0 aromatic carbocycles. The minimum absolute atomic E-state index is 0.0325. The number of fused-ring (bicyclic) bond motifs is 1. The summed E-state index contributed by atoms with van der Waals surface area (Å²) in [6, 6.07) is 0. The van der Waals surface area contributed by atoms with Gasteiger partial charge in [-0.2, -0.15) is 5.10 Å². The number of hydrogen-bond donors (Lipinski definition) is 0. The van der Waals surface area contributed by atoms with E-state index in [-0.39, 0.29) is 5.41 Å². The van der Waals surface area contributed by atoms with Gasteiger partial charge in [0.05, 0.1) is 19.7 Å². The smallest absolute Gasteiger partial charge is 0.159 e. The predicted molar refractivity (Wildman–Crippen MR) is 74.9 cm³/mol. The summed E-state index contributed by atoms with van der Waals surface area (Å²) < 4.78 is 2.75. The summed E-state index contributed by atoms with van der Waals surface area (Å²) in [5.74, 6) is 0. The molecule has 3 nitrogen and oxygen atoms in total. The molecule has 0 saturated heterocycles. The molecule has 0 fully saturated rings. The van der Waals surface area contributed by atoms with E-state index in [1.54, 1.807) is 10.9 Å². The highest BCUT2D eigenvalue weighted by molar-refractivity contribution is 14.1. The number of aryl methyl sites for hydroxylation is 1. The van der Waals surface area contributed by atoms with Crippen molar-refractivity contribution in [3.63, 3.8) is 0 Å². The minimum atomic E-state index is -0.0325. The van der Waals surface area contributed by atoms with Gasteiger partial charge in [-0.15, -0.1) is 0 Å². The number of nitrogens with zero attached hydrogens (tertiary/aromatic N) is 3. The monoisotopic (exact) mass is 349 g/mol. The summed E-state index contributed by atoms with van der Waals surface area (Å²) in [6.45, 7) is 6.39. The maximum atomic E-state index is 6.35. The Balaban J connectivity index is 2.92. The van der Waals surface area contributed by atoms with Crippen molar-refractivity contribution in [2.75, 3.05) is 0 Å². The van der Waals surface area contributed by atoms with E-state index < -0.39 is 0 Å². The van der Waals surface area contributed by atoms with Crippen LogP contribution in [0.4, 0.5) is 0 Å². The van der Waals surface area contributed by atoms with E-state index in [0.717, 1.165) is 25.3 Å². The molecule has 16 heavy (non-hydrogen) atoms. The molecule has 2 rings (SSSR count). The first-order valence-corrected chi connectivity index (χ1v) is 6.45. The predicted octanol–water partition coefficient (Wildman–Crippen LogP) is 3.52. The molecule has 2 heterocycles. The van der Waals surface area contributed by atoms with Crippen molar-refractivity contribution in [2.45, 2.75) is 26.2 Å². The minimum Gasteiger partial charge on any atom is -0.250 e. The van der Waals surface area contributed by atoms with Crippen LogP contribution in [0.15, 0.2) is 6.20 Å². The Labute approximate surface area is 113 Å². The lowest BCUT2D eigenvalue weighted by molar-refractivity contribution is 0.558. The normalized spacial score (nSPS) is 12.4. The number of hydrogen-bond acceptors (Lipinski definition) is 2. The molecule has 0 spiro atoms. The third-order valence-corrected chi connectivity index (χ3v) is 3.99. The van der Waals surface area contributed by atoms with Gasteiger partial charge in [0.15, 0.2) is 5.65 Å². The van der Waals surface area contributed by atoms with Gasteiger partial charge in [-0.05, 0) is 22.6 Å². The molecule has 0 radical (unpaired) electrons. The van der Waals surface area contributed by atoms with Crippen LogP contribution in [0.25, 0.3) is 11.0 Å². The lowest BCUT2D eigenvalue weighted by Crippen LogP contribution is -2.13. The van der Waals surface area contributed by atoms with Crippen LogP contribution in [0.2, 0.25) is 5.02 Å². The molecule has 0 unspecified atom stereocenters. The van der Waals surface area contributed by atoms with Crippen molar-refractivity contribution < 1.29 is 0 Å².